The summed E-state index contributed by atoms with van der Waals surface area (Å²) in [7, 11) is 1.60. The smallest absolute Gasteiger partial charge is 0.253 e. The number of hydrogen-bond donors (Lipinski definition) is 1. The average Bonchev–Trinajstić information content (AvgIpc) is 3.01. The highest BCUT2D eigenvalue weighted by Gasteiger charge is 2.23. The van der Waals surface area contributed by atoms with E-state index < -0.39 is 0 Å². The second-order valence-electron chi connectivity index (χ2n) is 7.35. The minimum absolute atomic E-state index is 0.00264. The Bertz CT molecular complexity index is 889. The maximum Gasteiger partial charge on any atom is 0.253 e. The van der Waals surface area contributed by atoms with Crippen LogP contribution in [0.2, 0.25) is 5.02 Å². The molecule has 1 saturated heterocycles. The predicted octanol–water partition coefficient (Wildman–Crippen LogP) is 1.66. The molecule has 1 aliphatic heterocycles. The first-order chi connectivity index (χ1) is 14.4. The molecule has 2 amide bonds. The average molecular weight is 434 g/mol. The fourth-order valence-electron chi connectivity index (χ4n) is 3.46. The van der Waals surface area contributed by atoms with Gasteiger partial charge in [-0.1, -0.05) is 11.6 Å². The van der Waals surface area contributed by atoms with E-state index in [1.807, 2.05) is 43.0 Å². The van der Waals surface area contributed by atoms with E-state index in [2.05, 4.69) is 15.3 Å². The molecule has 1 aromatic heterocycles. The lowest BCUT2D eigenvalue weighted by Gasteiger charge is -2.34. The molecule has 2 aromatic rings. The number of rotatable bonds is 7. The molecular formula is C21H28ClN5O3. The van der Waals surface area contributed by atoms with Gasteiger partial charge in [-0.15, -0.1) is 0 Å². The second-order valence-corrected chi connectivity index (χ2v) is 7.73. The number of aryl methyl sites for hydroxylation is 1. The monoisotopic (exact) mass is 433 g/mol. The van der Waals surface area contributed by atoms with E-state index in [1.165, 1.54) is 0 Å². The van der Waals surface area contributed by atoms with Crippen LogP contribution in [0.25, 0.3) is 5.69 Å². The largest absolute Gasteiger partial charge is 0.383 e. The van der Waals surface area contributed by atoms with E-state index in [-0.39, 0.29) is 11.8 Å². The van der Waals surface area contributed by atoms with Crippen molar-refractivity contribution in [1.82, 2.24) is 24.9 Å². The molecule has 0 bridgehead atoms. The van der Waals surface area contributed by atoms with Crippen LogP contribution < -0.4 is 5.32 Å². The van der Waals surface area contributed by atoms with Gasteiger partial charge in [0, 0.05) is 45.4 Å². The molecule has 1 fully saturated rings. The minimum Gasteiger partial charge on any atom is -0.383 e. The summed E-state index contributed by atoms with van der Waals surface area (Å²) in [5, 5.41) is 7.91. The van der Waals surface area contributed by atoms with Crippen LogP contribution in [-0.4, -0.2) is 84.4 Å². The molecule has 1 aliphatic rings. The molecule has 2 heterocycles. The van der Waals surface area contributed by atoms with Crippen molar-refractivity contribution in [3.05, 3.63) is 46.2 Å². The fourth-order valence-corrected chi connectivity index (χ4v) is 3.58. The van der Waals surface area contributed by atoms with Crippen LogP contribution in [0, 0.1) is 13.8 Å². The Morgan fingerprint density at radius 3 is 2.37 bits per heavy atom. The number of carbonyl (C=O) groups is 2. The molecule has 1 N–H and O–H groups in total. The first kappa shape index (κ1) is 22.3. The predicted molar refractivity (Wildman–Crippen MR) is 115 cm³/mol. The van der Waals surface area contributed by atoms with Gasteiger partial charge in [0.1, 0.15) is 0 Å². The number of benzene rings is 1. The van der Waals surface area contributed by atoms with Crippen LogP contribution in [0.5, 0.6) is 0 Å². The molecule has 1 aromatic carbocycles. The number of nitrogens with one attached hydrogen (secondary N) is 1. The van der Waals surface area contributed by atoms with E-state index in [0.717, 1.165) is 17.1 Å². The van der Waals surface area contributed by atoms with Gasteiger partial charge in [-0.2, -0.15) is 5.10 Å². The van der Waals surface area contributed by atoms with Gasteiger partial charge in [0.25, 0.3) is 5.91 Å². The summed E-state index contributed by atoms with van der Waals surface area (Å²) in [4.78, 5) is 28.6. The van der Waals surface area contributed by atoms with Crippen molar-refractivity contribution in [3.8, 4) is 5.69 Å². The molecule has 0 unspecified atom stereocenters. The summed E-state index contributed by atoms with van der Waals surface area (Å²) >= 11 is 6.23. The van der Waals surface area contributed by atoms with Crippen LogP contribution in [0.15, 0.2) is 24.3 Å². The van der Waals surface area contributed by atoms with Gasteiger partial charge in [0.05, 0.1) is 35.2 Å². The number of piperazine rings is 1. The zero-order valence-electron chi connectivity index (χ0n) is 17.7. The quantitative estimate of drug-likeness (QED) is 0.672. The summed E-state index contributed by atoms with van der Waals surface area (Å²) in [6.07, 6.45) is 0. The van der Waals surface area contributed by atoms with E-state index in [4.69, 9.17) is 16.3 Å². The second kappa shape index (κ2) is 10.1. The molecular weight excluding hydrogens is 406 g/mol. The lowest BCUT2D eigenvalue weighted by Crippen LogP contribution is -2.51. The number of amides is 2. The Hall–Kier alpha value is -2.42. The summed E-state index contributed by atoms with van der Waals surface area (Å²) < 4.78 is 6.71. The van der Waals surface area contributed by atoms with Gasteiger partial charge >= 0.3 is 0 Å². The fraction of sp³-hybridized carbons (Fsp3) is 0.476. The molecule has 3 rings (SSSR count). The van der Waals surface area contributed by atoms with Crippen LogP contribution in [0.3, 0.4) is 0 Å². The van der Waals surface area contributed by atoms with E-state index in [0.29, 0.717) is 56.5 Å². The molecule has 8 nitrogen and oxygen atoms in total. The molecule has 162 valence electrons. The number of methoxy groups -OCH3 is 1. The zero-order valence-corrected chi connectivity index (χ0v) is 18.4. The Balaban J connectivity index is 1.54. The highest BCUT2D eigenvalue weighted by Crippen LogP contribution is 2.22. The van der Waals surface area contributed by atoms with Gasteiger partial charge in [-0.3, -0.25) is 14.5 Å². The summed E-state index contributed by atoms with van der Waals surface area (Å²) in [5.74, 6) is -0.0242. The van der Waals surface area contributed by atoms with Gasteiger partial charge < -0.3 is 15.0 Å². The first-order valence-electron chi connectivity index (χ1n) is 10.00. The van der Waals surface area contributed by atoms with Gasteiger partial charge in [-0.05, 0) is 38.1 Å². The highest BCUT2D eigenvalue weighted by molar-refractivity contribution is 6.31. The van der Waals surface area contributed by atoms with Crippen LogP contribution in [0.1, 0.15) is 21.7 Å². The van der Waals surface area contributed by atoms with Crippen molar-refractivity contribution in [2.24, 2.45) is 0 Å². The number of nitrogens with zero attached hydrogens (tertiary/aromatic N) is 4. The maximum absolute atomic E-state index is 12.8. The van der Waals surface area contributed by atoms with Crippen LogP contribution in [-0.2, 0) is 9.53 Å². The Morgan fingerprint density at radius 2 is 1.80 bits per heavy atom. The number of hydrogen-bond acceptors (Lipinski definition) is 5. The molecule has 30 heavy (non-hydrogen) atoms. The third kappa shape index (κ3) is 5.19. The lowest BCUT2D eigenvalue weighted by molar-refractivity contribution is -0.122. The van der Waals surface area contributed by atoms with Crippen molar-refractivity contribution >= 4 is 23.4 Å². The van der Waals surface area contributed by atoms with E-state index >= 15 is 0 Å². The van der Waals surface area contributed by atoms with Gasteiger partial charge in [0.15, 0.2) is 0 Å². The van der Waals surface area contributed by atoms with Crippen molar-refractivity contribution in [2.75, 3.05) is 53.0 Å². The zero-order chi connectivity index (χ0) is 21.7. The van der Waals surface area contributed by atoms with Gasteiger partial charge in [0.2, 0.25) is 5.91 Å². The van der Waals surface area contributed by atoms with Crippen molar-refractivity contribution in [1.29, 1.82) is 0 Å². The number of aromatic nitrogens is 2. The van der Waals surface area contributed by atoms with Crippen LogP contribution in [0.4, 0.5) is 0 Å². The molecule has 0 radical (unpaired) electrons. The molecule has 0 atom stereocenters. The summed E-state index contributed by atoms with van der Waals surface area (Å²) in [5.41, 5.74) is 3.15. The summed E-state index contributed by atoms with van der Waals surface area (Å²) in [6, 6.07) is 7.39. The Kier molecular flexibility index (Phi) is 7.47. The number of carbonyl (C=O) groups excluding carboxylic acids is 2. The minimum atomic E-state index is -0.0216. The van der Waals surface area contributed by atoms with Gasteiger partial charge in [-0.25, -0.2) is 4.68 Å². The van der Waals surface area contributed by atoms with Crippen molar-refractivity contribution < 1.29 is 14.3 Å². The molecule has 9 heteroatoms. The molecule has 0 spiro atoms. The third-order valence-electron chi connectivity index (χ3n) is 5.22. The molecule has 0 aliphatic carbocycles. The molecule has 0 saturated carbocycles. The van der Waals surface area contributed by atoms with Crippen molar-refractivity contribution in [2.45, 2.75) is 13.8 Å². The summed E-state index contributed by atoms with van der Waals surface area (Å²) in [6.45, 7) is 7.67. The lowest BCUT2D eigenvalue weighted by atomic mass is 10.1. The highest BCUT2D eigenvalue weighted by atomic mass is 35.5. The SMILES string of the molecule is COCCNC(=O)CN1CCN(C(=O)c2ccc(-n3nc(C)c(Cl)c3C)cc2)CC1. The first-order valence-corrected chi connectivity index (χ1v) is 10.4. The van der Waals surface area contributed by atoms with E-state index in [9.17, 15) is 9.59 Å². The van der Waals surface area contributed by atoms with E-state index in [1.54, 1.807) is 11.8 Å². The number of halogens is 1. The van der Waals surface area contributed by atoms with Crippen molar-refractivity contribution in [3.63, 3.8) is 0 Å². The number of ether oxygens (including phenoxy) is 1. The maximum atomic E-state index is 12.8. The topological polar surface area (TPSA) is 79.7 Å². The Labute approximate surface area is 181 Å². The Morgan fingerprint density at radius 1 is 1.13 bits per heavy atom. The standard InChI is InChI=1S/C21H28ClN5O3/c1-15-20(22)16(2)27(24-15)18-6-4-17(5-7-18)21(29)26-11-9-25(10-12-26)14-19(28)23-8-13-30-3/h4-7H,8-14H2,1-3H3,(H,23,28). The van der Waals surface area contributed by atoms with Crippen LogP contribution >= 0.6 is 11.6 Å². The third-order valence-corrected chi connectivity index (χ3v) is 5.76. The normalized spacial score (nSPS) is 14.7.